The maximum absolute atomic E-state index is 13.2. The summed E-state index contributed by atoms with van der Waals surface area (Å²) in [5.41, 5.74) is 4.75. The number of carbonyl (C=O) groups is 1. The number of ketones is 1. The normalized spacial score (nSPS) is 10.2. The molecule has 4 heteroatoms. The number of halogens is 2. The van der Waals surface area contributed by atoms with Crippen molar-refractivity contribution in [1.29, 1.82) is 0 Å². The van der Waals surface area contributed by atoms with E-state index in [0.717, 1.165) is 12.1 Å². The Kier molecular flexibility index (Phi) is 2.72. The lowest BCUT2D eigenvalue weighted by Crippen LogP contribution is -2.15. The molecule has 0 fully saturated rings. The molecule has 0 atom stereocenters. The maximum atomic E-state index is 13.2. The fourth-order valence-electron chi connectivity index (χ4n) is 0.987. The molecule has 70 valence electrons. The van der Waals surface area contributed by atoms with E-state index in [9.17, 15) is 13.6 Å². The summed E-state index contributed by atoms with van der Waals surface area (Å²) in [5.74, 6) is -2.01. The second-order valence-corrected chi connectivity index (χ2v) is 2.66. The van der Waals surface area contributed by atoms with Gasteiger partial charge >= 0.3 is 0 Å². The third-order valence-corrected chi connectivity index (χ3v) is 1.81. The van der Waals surface area contributed by atoms with Crippen LogP contribution in [0.1, 0.15) is 15.9 Å². The third-order valence-electron chi connectivity index (χ3n) is 1.81. The Morgan fingerprint density at radius 2 is 2.08 bits per heavy atom. The highest BCUT2D eigenvalue weighted by Crippen LogP contribution is 2.15. The Hall–Kier alpha value is -1.29. The van der Waals surface area contributed by atoms with Crippen LogP contribution in [0.3, 0.4) is 0 Å². The monoisotopic (exact) mass is 185 g/mol. The summed E-state index contributed by atoms with van der Waals surface area (Å²) in [5, 5.41) is 0. The summed E-state index contributed by atoms with van der Waals surface area (Å²) in [7, 11) is 0. The molecule has 0 heterocycles. The molecule has 0 amide bonds. The predicted octanol–water partition coefficient (Wildman–Crippen LogP) is 1.41. The molecule has 0 unspecified atom stereocenters. The molecule has 1 aromatic carbocycles. The van der Waals surface area contributed by atoms with E-state index in [1.165, 1.54) is 6.92 Å². The molecular formula is C9H9F2NO. The van der Waals surface area contributed by atoms with Crippen molar-refractivity contribution in [1.82, 2.24) is 0 Å². The minimum absolute atomic E-state index is 0.151. The van der Waals surface area contributed by atoms with Crippen LogP contribution in [0.2, 0.25) is 0 Å². The number of nitrogens with two attached hydrogens (primary N) is 1. The van der Waals surface area contributed by atoms with Crippen LogP contribution in [0.25, 0.3) is 0 Å². The maximum Gasteiger partial charge on any atom is 0.179 e. The lowest BCUT2D eigenvalue weighted by molar-refractivity contribution is 0.0997. The predicted molar refractivity (Wildman–Crippen MR) is 44.5 cm³/mol. The smallest absolute Gasteiger partial charge is 0.179 e. The van der Waals surface area contributed by atoms with Crippen LogP contribution < -0.4 is 5.73 Å². The molecule has 0 aliphatic rings. The van der Waals surface area contributed by atoms with E-state index in [0.29, 0.717) is 0 Å². The average molecular weight is 185 g/mol. The lowest BCUT2D eigenvalue weighted by atomic mass is 10.1. The molecule has 0 saturated carbocycles. The van der Waals surface area contributed by atoms with Crippen LogP contribution in [0.5, 0.6) is 0 Å². The minimum atomic E-state index is -0.824. The number of carbonyl (C=O) groups excluding carboxylic acids is 1. The first kappa shape index (κ1) is 9.80. The Morgan fingerprint density at radius 1 is 1.46 bits per heavy atom. The molecule has 0 spiro atoms. The third kappa shape index (κ3) is 1.72. The van der Waals surface area contributed by atoms with Crippen molar-refractivity contribution in [3.63, 3.8) is 0 Å². The molecule has 0 aromatic heterocycles. The van der Waals surface area contributed by atoms with Crippen molar-refractivity contribution in [3.8, 4) is 0 Å². The Bertz CT molecular complexity index is 350. The van der Waals surface area contributed by atoms with Crippen molar-refractivity contribution in [2.45, 2.75) is 6.92 Å². The van der Waals surface area contributed by atoms with Gasteiger partial charge in [-0.3, -0.25) is 4.79 Å². The molecule has 2 nitrogen and oxygen atoms in total. The zero-order valence-electron chi connectivity index (χ0n) is 7.10. The van der Waals surface area contributed by atoms with Gasteiger partial charge in [0, 0.05) is 5.56 Å². The molecule has 1 aromatic rings. The van der Waals surface area contributed by atoms with Crippen LogP contribution in [0.15, 0.2) is 12.1 Å². The zero-order valence-corrected chi connectivity index (χ0v) is 7.10. The van der Waals surface area contributed by atoms with Gasteiger partial charge in [0.25, 0.3) is 0 Å². The summed E-state index contributed by atoms with van der Waals surface area (Å²) in [6, 6.07) is 2.16. The average Bonchev–Trinajstić information content (AvgIpc) is 2.13. The fourth-order valence-corrected chi connectivity index (χ4v) is 0.987. The van der Waals surface area contributed by atoms with Crippen molar-refractivity contribution in [2.24, 2.45) is 5.73 Å². The molecule has 13 heavy (non-hydrogen) atoms. The highest BCUT2D eigenvalue weighted by molar-refractivity contribution is 5.97. The SMILES string of the molecule is Cc1c(F)ccc(C(=O)CN)c1F. The molecule has 1 rings (SSSR count). The molecule has 0 bridgehead atoms. The van der Waals surface area contributed by atoms with Crippen LogP contribution in [0, 0.1) is 18.6 Å². The van der Waals surface area contributed by atoms with Gasteiger partial charge in [0.2, 0.25) is 0 Å². The summed E-state index contributed by atoms with van der Waals surface area (Å²) < 4.78 is 25.9. The van der Waals surface area contributed by atoms with E-state index in [-0.39, 0.29) is 17.7 Å². The first-order chi connectivity index (χ1) is 6.07. The number of Topliss-reactive ketones (excluding diaryl/α,β-unsaturated/α-hetero) is 1. The second-order valence-electron chi connectivity index (χ2n) is 2.66. The van der Waals surface area contributed by atoms with Crippen molar-refractivity contribution >= 4 is 5.78 Å². The molecule has 0 radical (unpaired) electrons. The first-order valence-corrected chi connectivity index (χ1v) is 3.75. The molecule has 2 N–H and O–H groups in total. The quantitative estimate of drug-likeness (QED) is 0.708. The fraction of sp³-hybridized carbons (Fsp3) is 0.222. The largest absolute Gasteiger partial charge is 0.324 e. The van der Waals surface area contributed by atoms with E-state index in [1.807, 2.05) is 0 Å². The summed E-state index contributed by atoms with van der Waals surface area (Å²) in [6.07, 6.45) is 0. The first-order valence-electron chi connectivity index (χ1n) is 3.75. The van der Waals surface area contributed by atoms with Crippen LogP contribution in [-0.4, -0.2) is 12.3 Å². The van der Waals surface area contributed by atoms with Gasteiger partial charge in [-0.25, -0.2) is 8.78 Å². The van der Waals surface area contributed by atoms with E-state index < -0.39 is 17.4 Å². The summed E-state index contributed by atoms with van der Waals surface area (Å²) in [4.78, 5) is 11.0. The van der Waals surface area contributed by atoms with Gasteiger partial charge < -0.3 is 5.73 Å². The summed E-state index contributed by atoms with van der Waals surface area (Å²) >= 11 is 0. The molecule has 0 aliphatic carbocycles. The van der Waals surface area contributed by atoms with Crippen molar-refractivity contribution < 1.29 is 13.6 Å². The topological polar surface area (TPSA) is 43.1 Å². The van der Waals surface area contributed by atoms with Gasteiger partial charge in [0.1, 0.15) is 11.6 Å². The van der Waals surface area contributed by atoms with Crippen LogP contribution in [-0.2, 0) is 0 Å². The van der Waals surface area contributed by atoms with E-state index in [4.69, 9.17) is 5.73 Å². The second kappa shape index (κ2) is 3.62. The number of hydrogen-bond acceptors (Lipinski definition) is 2. The van der Waals surface area contributed by atoms with Crippen LogP contribution >= 0.6 is 0 Å². The highest BCUT2D eigenvalue weighted by atomic mass is 19.1. The Labute approximate surface area is 74.4 Å². The molecule has 0 saturated heterocycles. The molecule has 0 aliphatic heterocycles. The van der Waals surface area contributed by atoms with Gasteiger partial charge in [-0.1, -0.05) is 0 Å². The van der Waals surface area contributed by atoms with Gasteiger partial charge in [0.15, 0.2) is 5.78 Å². The Balaban J connectivity index is 3.26. The summed E-state index contributed by atoms with van der Waals surface area (Å²) in [6.45, 7) is 1.000. The number of benzene rings is 1. The Morgan fingerprint density at radius 3 is 2.62 bits per heavy atom. The van der Waals surface area contributed by atoms with E-state index >= 15 is 0 Å². The van der Waals surface area contributed by atoms with E-state index in [1.54, 1.807) is 0 Å². The lowest BCUT2D eigenvalue weighted by Gasteiger charge is -2.03. The van der Waals surface area contributed by atoms with Crippen molar-refractivity contribution in [2.75, 3.05) is 6.54 Å². The number of hydrogen-bond donors (Lipinski definition) is 1. The number of rotatable bonds is 2. The minimum Gasteiger partial charge on any atom is -0.324 e. The standard InChI is InChI=1S/C9H9F2NO/c1-5-7(10)3-2-6(9(5)11)8(13)4-12/h2-3H,4,12H2,1H3. The van der Waals surface area contributed by atoms with Gasteiger partial charge in [-0.2, -0.15) is 0 Å². The molecular weight excluding hydrogens is 176 g/mol. The van der Waals surface area contributed by atoms with Gasteiger partial charge in [0.05, 0.1) is 12.1 Å². The van der Waals surface area contributed by atoms with Crippen molar-refractivity contribution in [3.05, 3.63) is 34.9 Å². The van der Waals surface area contributed by atoms with Gasteiger partial charge in [-0.05, 0) is 19.1 Å². The van der Waals surface area contributed by atoms with E-state index in [2.05, 4.69) is 0 Å². The van der Waals surface area contributed by atoms with Crippen LogP contribution in [0.4, 0.5) is 8.78 Å². The zero-order chi connectivity index (χ0) is 10.0. The highest BCUT2D eigenvalue weighted by Gasteiger charge is 2.14. The van der Waals surface area contributed by atoms with Gasteiger partial charge in [-0.15, -0.1) is 0 Å².